The maximum Gasteiger partial charge on any atom is 0.110 e. The van der Waals surface area contributed by atoms with Crippen LogP contribution in [0.5, 0.6) is 0 Å². The molecule has 3 heteroatoms. The van der Waals surface area contributed by atoms with Gasteiger partial charge >= 0.3 is 0 Å². The first-order chi connectivity index (χ1) is 6.24. The fourth-order valence-corrected chi connectivity index (χ4v) is 1.51. The molecule has 3 nitrogen and oxygen atoms in total. The minimum Gasteiger partial charge on any atom is -0.497 e. The van der Waals surface area contributed by atoms with Crippen LogP contribution in [-0.2, 0) is 4.74 Å². The molecule has 0 radical (unpaired) electrons. The van der Waals surface area contributed by atoms with E-state index in [0.717, 1.165) is 31.8 Å². The molecule has 76 valence electrons. The summed E-state index contributed by atoms with van der Waals surface area (Å²) in [5.74, 6) is 1.11. The Morgan fingerprint density at radius 2 is 2.38 bits per heavy atom. The summed E-state index contributed by atoms with van der Waals surface area (Å²) in [6.45, 7) is 1.86. The molecule has 1 rings (SSSR count). The smallest absolute Gasteiger partial charge is 0.110 e. The van der Waals surface area contributed by atoms with E-state index in [2.05, 4.69) is 30.4 Å². The maximum absolute atomic E-state index is 5.60. The van der Waals surface area contributed by atoms with Crippen molar-refractivity contribution in [1.29, 1.82) is 0 Å². The van der Waals surface area contributed by atoms with E-state index in [1.165, 1.54) is 0 Å². The molecule has 0 aliphatic carbocycles. The first-order valence-corrected chi connectivity index (χ1v) is 4.89. The molecule has 0 bridgehead atoms. The Bertz CT molecular complexity index is 178. The number of likely N-dealkylation sites (N-methyl/N-ethyl adjacent to an activating group) is 2. The average molecular weight is 184 g/mol. The molecule has 1 atom stereocenters. The van der Waals surface area contributed by atoms with Crippen molar-refractivity contribution >= 4 is 0 Å². The van der Waals surface area contributed by atoms with E-state index < -0.39 is 0 Å². The Balaban J connectivity index is 2.49. The summed E-state index contributed by atoms with van der Waals surface area (Å²) in [6.07, 6.45) is 4.51. The molecular formula is C10H20N2O. The number of rotatable bonds is 4. The molecule has 1 N–H and O–H groups in total. The summed E-state index contributed by atoms with van der Waals surface area (Å²) >= 11 is 0. The predicted octanol–water partition coefficient (Wildman–Crippen LogP) is 0.830. The zero-order valence-electron chi connectivity index (χ0n) is 8.84. The van der Waals surface area contributed by atoms with Crippen molar-refractivity contribution in [3.8, 4) is 0 Å². The van der Waals surface area contributed by atoms with E-state index in [4.69, 9.17) is 4.74 Å². The highest BCUT2D eigenvalue weighted by Gasteiger charge is 2.16. The van der Waals surface area contributed by atoms with E-state index >= 15 is 0 Å². The van der Waals surface area contributed by atoms with Crippen molar-refractivity contribution in [2.45, 2.75) is 18.9 Å². The number of nitrogens with one attached hydrogen (secondary N) is 1. The summed E-state index contributed by atoms with van der Waals surface area (Å²) in [5.41, 5.74) is 0. The highest BCUT2D eigenvalue weighted by atomic mass is 16.5. The number of allylic oxidation sites excluding steroid dienone is 1. The Labute approximate surface area is 80.8 Å². The standard InChI is InChI=1S/C10H20N2O/c1-11-9(8-12(2)3)10-6-4-5-7-13-10/h6,9,11H,4-5,7-8H2,1-3H3. The summed E-state index contributed by atoms with van der Waals surface area (Å²) in [6, 6.07) is 0.343. The number of hydrogen-bond donors (Lipinski definition) is 1. The monoisotopic (exact) mass is 184 g/mol. The fraction of sp³-hybridized carbons (Fsp3) is 0.800. The van der Waals surface area contributed by atoms with Gasteiger partial charge in [-0.15, -0.1) is 0 Å². The second-order valence-electron chi connectivity index (χ2n) is 3.70. The Hall–Kier alpha value is -0.540. The molecule has 0 saturated heterocycles. The van der Waals surface area contributed by atoms with Crippen LogP contribution in [-0.4, -0.2) is 45.2 Å². The van der Waals surface area contributed by atoms with Gasteiger partial charge in [-0.25, -0.2) is 0 Å². The van der Waals surface area contributed by atoms with Crippen LogP contribution in [0, 0.1) is 0 Å². The van der Waals surface area contributed by atoms with E-state index in [0.29, 0.717) is 6.04 Å². The number of ether oxygens (including phenoxy) is 1. The van der Waals surface area contributed by atoms with Crippen LogP contribution in [0.25, 0.3) is 0 Å². The molecule has 0 fully saturated rings. The van der Waals surface area contributed by atoms with Gasteiger partial charge in [-0.05, 0) is 40.1 Å². The third-order valence-electron chi connectivity index (χ3n) is 2.20. The van der Waals surface area contributed by atoms with Gasteiger partial charge < -0.3 is 15.0 Å². The van der Waals surface area contributed by atoms with Gasteiger partial charge in [0.15, 0.2) is 0 Å². The van der Waals surface area contributed by atoms with Crippen LogP contribution in [0.4, 0.5) is 0 Å². The van der Waals surface area contributed by atoms with Gasteiger partial charge in [0, 0.05) is 6.54 Å². The number of hydrogen-bond acceptors (Lipinski definition) is 3. The lowest BCUT2D eigenvalue weighted by atomic mass is 10.1. The van der Waals surface area contributed by atoms with E-state index in [1.54, 1.807) is 0 Å². The summed E-state index contributed by atoms with van der Waals surface area (Å²) in [7, 11) is 6.13. The topological polar surface area (TPSA) is 24.5 Å². The summed E-state index contributed by atoms with van der Waals surface area (Å²) in [4.78, 5) is 2.17. The predicted molar refractivity (Wildman–Crippen MR) is 54.7 cm³/mol. The van der Waals surface area contributed by atoms with E-state index in [9.17, 15) is 0 Å². The van der Waals surface area contributed by atoms with Gasteiger partial charge in [0.1, 0.15) is 5.76 Å². The SMILES string of the molecule is CNC(CN(C)C)C1=CCCCO1. The molecule has 0 aromatic heterocycles. The van der Waals surface area contributed by atoms with Gasteiger partial charge in [0.25, 0.3) is 0 Å². The van der Waals surface area contributed by atoms with E-state index in [1.807, 2.05) is 7.05 Å². The van der Waals surface area contributed by atoms with Gasteiger partial charge in [-0.3, -0.25) is 0 Å². The first-order valence-electron chi connectivity index (χ1n) is 4.89. The molecule has 0 saturated carbocycles. The van der Waals surface area contributed by atoms with Crippen LogP contribution >= 0.6 is 0 Å². The van der Waals surface area contributed by atoms with Crippen LogP contribution < -0.4 is 5.32 Å². The van der Waals surface area contributed by atoms with Crippen molar-refractivity contribution < 1.29 is 4.74 Å². The Morgan fingerprint density at radius 3 is 2.85 bits per heavy atom. The lowest BCUT2D eigenvalue weighted by molar-refractivity contribution is 0.160. The van der Waals surface area contributed by atoms with Crippen molar-refractivity contribution in [1.82, 2.24) is 10.2 Å². The van der Waals surface area contributed by atoms with Crippen molar-refractivity contribution in [3.63, 3.8) is 0 Å². The van der Waals surface area contributed by atoms with Gasteiger partial charge in [-0.1, -0.05) is 0 Å². The summed E-state index contributed by atoms with van der Waals surface area (Å²) < 4.78 is 5.60. The molecule has 1 aliphatic rings. The molecule has 1 unspecified atom stereocenters. The highest BCUT2D eigenvalue weighted by Crippen LogP contribution is 2.13. The van der Waals surface area contributed by atoms with Crippen LogP contribution in [0.15, 0.2) is 11.8 Å². The second-order valence-corrected chi connectivity index (χ2v) is 3.70. The lowest BCUT2D eigenvalue weighted by Crippen LogP contribution is -2.38. The zero-order valence-corrected chi connectivity index (χ0v) is 8.84. The van der Waals surface area contributed by atoms with Crippen LogP contribution in [0.3, 0.4) is 0 Å². The molecule has 1 aliphatic heterocycles. The quantitative estimate of drug-likeness (QED) is 0.700. The molecule has 0 amide bonds. The van der Waals surface area contributed by atoms with Gasteiger partial charge in [0.2, 0.25) is 0 Å². The molecular weight excluding hydrogens is 164 g/mol. The Morgan fingerprint density at radius 1 is 1.62 bits per heavy atom. The van der Waals surface area contributed by atoms with Crippen molar-refractivity contribution in [3.05, 3.63) is 11.8 Å². The molecule has 13 heavy (non-hydrogen) atoms. The molecule has 0 spiro atoms. The van der Waals surface area contributed by atoms with E-state index in [-0.39, 0.29) is 0 Å². The first kappa shape index (κ1) is 10.5. The van der Waals surface area contributed by atoms with Crippen LogP contribution in [0.2, 0.25) is 0 Å². The average Bonchev–Trinajstić information content (AvgIpc) is 2.15. The normalized spacial score (nSPS) is 19.5. The summed E-state index contributed by atoms with van der Waals surface area (Å²) in [5, 5.41) is 3.27. The third-order valence-corrected chi connectivity index (χ3v) is 2.20. The highest BCUT2D eigenvalue weighted by molar-refractivity contribution is 5.05. The number of nitrogens with zero attached hydrogens (tertiary/aromatic N) is 1. The van der Waals surface area contributed by atoms with Gasteiger partial charge in [0.05, 0.1) is 12.6 Å². The molecule has 0 aromatic carbocycles. The fourth-order valence-electron chi connectivity index (χ4n) is 1.51. The Kier molecular flexibility index (Phi) is 4.25. The van der Waals surface area contributed by atoms with Crippen LogP contribution in [0.1, 0.15) is 12.8 Å². The minimum absolute atomic E-state index is 0.343. The van der Waals surface area contributed by atoms with Crippen molar-refractivity contribution in [2.24, 2.45) is 0 Å². The minimum atomic E-state index is 0.343. The second kappa shape index (κ2) is 5.25. The maximum atomic E-state index is 5.60. The zero-order chi connectivity index (χ0) is 9.68. The molecule has 1 heterocycles. The van der Waals surface area contributed by atoms with Crippen molar-refractivity contribution in [2.75, 3.05) is 34.3 Å². The third kappa shape index (κ3) is 3.36. The molecule has 0 aromatic rings. The lowest BCUT2D eigenvalue weighted by Gasteiger charge is -2.25. The van der Waals surface area contributed by atoms with Gasteiger partial charge in [-0.2, -0.15) is 0 Å². The largest absolute Gasteiger partial charge is 0.497 e.